The van der Waals surface area contributed by atoms with Crippen LogP contribution in [0.4, 0.5) is 0 Å². The molecule has 2 saturated heterocycles. The summed E-state index contributed by atoms with van der Waals surface area (Å²) in [5.74, 6) is 0.837. The van der Waals surface area contributed by atoms with Crippen molar-refractivity contribution >= 4 is 0 Å². The molecule has 2 aliphatic heterocycles. The molecule has 3 N–H and O–H groups in total. The highest BCUT2D eigenvalue weighted by Gasteiger charge is 2.48. The lowest BCUT2D eigenvalue weighted by molar-refractivity contribution is 0.00304. The van der Waals surface area contributed by atoms with Crippen LogP contribution in [0.3, 0.4) is 0 Å². The summed E-state index contributed by atoms with van der Waals surface area (Å²) in [6, 6.07) is 0. The van der Waals surface area contributed by atoms with E-state index < -0.39 is 5.41 Å². The highest BCUT2D eigenvalue weighted by atomic mass is 16.6. The Morgan fingerprint density at radius 3 is 2.00 bits per heavy atom. The standard InChI is InChI=1S/C8H12O2.C6H14O3/c1-2-6-7(10-6)3-5(1)8-4-9-8;1-2-6(3-7,4-8)5-9/h5-8H,1-4H2;7-9H,2-5H2,1H3. The third kappa shape index (κ3) is 3.89. The number of ether oxygens (including phenoxy) is 2. The van der Waals surface area contributed by atoms with Crippen molar-refractivity contribution in [2.24, 2.45) is 11.3 Å². The SMILES string of the molecule is C1CC2OC2CC1C1CO1.CCC(CO)(CO)CO. The second kappa shape index (κ2) is 6.50. The average Bonchev–Trinajstić information content (AvgIpc) is 3.34. The number of rotatable bonds is 5. The molecule has 5 nitrogen and oxygen atoms in total. The van der Waals surface area contributed by atoms with Crippen LogP contribution in [0.25, 0.3) is 0 Å². The van der Waals surface area contributed by atoms with E-state index in [2.05, 4.69) is 0 Å². The van der Waals surface area contributed by atoms with E-state index in [0.29, 0.717) is 24.7 Å². The molecular weight excluding hydrogens is 248 g/mol. The summed E-state index contributed by atoms with van der Waals surface area (Å²) in [4.78, 5) is 0. The lowest BCUT2D eigenvalue weighted by atomic mass is 9.87. The highest BCUT2D eigenvalue weighted by molar-refractivity contribution is 4.96. The number of aliphatic hydroxyl groups excluding tert-OH is 3. The Balaban J connectivity index is 0.000000142. The van der Waals surface area contributed by atoms with Crippen molar-refractivity contribution in [3.63, 3.8) is 0 Å². The summed E-state index contributed by atoms with van der Waals surface area (Å²) in [5, 5.41) is 26.0. The Morgan fingerprint density at radius 2 is 1.63 bits per heavy atom. The predicted octanol–water partition coefficient (Wildman–Crippen LogP) is 0.312. The molecule has 0 radical (unpaired) electrons. The number of fused-ring (bicyclic) bond motifs is 1. The number of epoxide rings is 2. The zero-order chi connectivity index (χ0) is 13.9. The fraction of sp³-hybridized carbons (Fsp3) is 1.00. The van der Waals surface area contributed by atoms with Crippen LogP contribution in [0.1, 0.15) is 32.6 Å². The molecule has 5 heteroatoms. The van der Waals surface area contributed by atoms with Crippen LogP contribution in [-0.2, 0) is 9.47 Å². The van der Waals surface area contributed by atoms with Crippen LogP contribution in [0.5, 0.6) is 0 Å². The van der Waals surface area contributed by atoms with Gasteiger partial charge in [0.15, 0.2) is 0 Å². The average molecular weight is 274 g/mol. The van der Waals surface area contributed by atoms with E-state index in [-0.39, 0.29) is 19.8 Å². The molecule has 0 bridgehead atoms. The first-order valence-corrected chi connectivity index (χ1v) is 7.27. The van der Waals surface area contributed by atoms with Crippen molar-refractivity contribution in [1.82, 2.24) is 0 Å². The van der Waals surface area contributed by atoms with Gasteiger partial charge < -0.3 is 24.8 Å². The maximum absolute atomic E-state index is 8.66. The molecule has 0 aromatic heterocycles. The van der Waals surface area contributed by atoms with Crippen molar-refractivity contribution in [3.8, 4) is 0 Å². The minimum absolute atomic E-state index is 0.156. The minimum Gasteiger partial charge on any atom is -0.396 e. The molecule has 3 fully saturated rings. The number of hydrogen-bond donors (Lipinski definition) is 3. The van der Waals surface area contributed by atoms with Gasteiger partial charge in [-0.15, -0.1) is 0 Å². The monoisotopic (exact) mass is 274 g/mol. The minimum atomic E-state index is -0.667. The zero-order valence-corrected chi connectivity index (χ0v) is 11.6. The summed E-state index contributed by atoms with van der Waals surface area (Å²) >= 11 is 0. The number of aliphatic hydroxyl groups is 3. The predicted molar refractivity (Wildman–Crippen MR) is 69.7 cm³/mol. The van der Waals surface area contributed by atoms with Gasteiger partial charge in [-0.05, 0) is 31.6 Å². The van der Waals surface area contributed by atoms with Crippen LogP contribution in [0, 0.1) is 11.3 Å². The van der Waals surface area contributed by atoms with Crippen LogP contribution in [0.2, 0.25) is 0 Å². The smallest absolute Gasteiger partial charge is 0.0845 e. The summed E-state index contributed by atoms with van der Waals surface area (Å²) in [5.41, 5.74) is -0.667. The summed E-state index contributed by atoms with van der Waals surface area (Å²) in [6.07, 6.45) is 6.38. The van der Waals surface area contributed by atoms with Gasteiger partial charge >= 0.3 is 0 Å². The van der Waals surface area contributed by atoms with Crippen molar-refractivity contribution < 1.29 is 24.8 Å². The lowest BCUT2D eigenvalue weighted by Crippen LogP contribution is -2.32. The normalized spacial score (nSPS) is 36.0. The van der Waals surface area contributed by atoms with Gasteiger partial charge in [-0.2, -0.15) is 0 Å². The number of hydrogen-bond acceptors (Lipinski definition) is 5. The molecule has 2 heterocycles. The molecule has 0 spiro atoms. The Morgan fingerprint density at radius 1 is 1.00 bits per heavy atom. The summed E-state index contributed by atoms with van der Waals surface area (Å²) in [6.45, 7) is 2.37. The van der Waals surface area contributed by atoms with Crippen molar-refractivity contribution in [2.75, 3.05) is 26.4 Å². The summed E-state index contributed by atoms with van der Waals surface area (Å²) < 4.78 is 10.7. The van der Waals surface area contributed by atoms with E-state index in [0.717, 1.165) is 12.5 Å². The maximum atomic E-state index is 8.66. The fourth-order valence-electron chi connectivity index (χ4n) is 2.59. The largest absolute Gasteiger partial charge is 0.396 e. The van der Waals surface area contributed by atoms with Crippen LogP contribution < -0.4 is 0 Å². The maximum Gasteiger partial charge on any atom is 0.0845 e. The second-order valence-corrected chi connectivity index (χ2v) is 5.99. The molecular formula is C14H26O5. The van der Waals surface area contributed by atoms with Crippen LogP contribution >= 0.6 is 0 Å². The van der Waals surface area contributed by atoms with Crippen molar-refractivity contribution in [3.05, 3.63) is 0 Å². The first-order valence-electron chi connectivity index (χ1n) is 7.27. The Kier molecular flexibility index (Phi) is 5.20. The molecule has 3 aliphatic rings. The van der Waals surface area contributed by atoms with Crippen LogP contribution in [0.15, 0.2) is 0 Å². The molecule has 4 unspecified atom stereocenters. The quantitative estimate of drug-likeness (QED) is 0.628. The summed E-state index contributed by atoms with van der Waals surface area (Å²) in [7, 11) is 0. The van der Waals surface area contributed by atoms with Gasteiger partial charge in [0.1, 0.15) is 0 Å². The fourth-order valence-corrected chi connectivity index (χ4v) is 2.59. The van der Waals surface area contributed by atoms with Crippen molar-refractivity contribution in [2.45, 2.75) is 50.9 Å². The Labute approximate surface area is 114 Å². The molecule has 0 aromatic rings. The molecule has 1 aliphatic carbocycles. The third-order valence-corrected chi connectivity index (χ3v) is 4.69. The van der Waals surface area contributed by atoms with Gasteiger partial charge in [-0.3, -0.25) is 0 Å². The highest BCUT2D eigenvalue weighted by Crippen LogP contribution is 2.43. The first kappa shape index (κ1) is 15.2. The van der Waals surface area contributed by atoms with E-state index in [1.54, 1.807) is 0 Å². The topological polar surface area (TPSA) is 85.8 Å². The Hall–Kier alpha value is -0.200. The third-order valence-electron chi connectivity index (χ3n) is 4.69. The molecule has 4 atom stereocenters. The van der Waals surface area contributed by atoms with E-state index in [4.69, 9.17) is 24.8 Å². The van der Waals surface area contributed by atoms with E-state index in [1.165, 1.54) is 19.3 Å². The van der Waals surface area contributed by atoms with E-state index >= 15 is 0 Å². The molecule has 112 valence electrons. The van der Waals surface area contributed by atoms with Gasteiger partial charge in [0.2, 0.25) is 0 Å². The van der Waals surface area contributed by atoms with Crippen LogP contribution in [-0.4, -0.2) is 60.1 Å². The Bertz CT molecular complexity index is 258. The van der Waals surface area contributed by atoms with Gasteiger partial charge in [0.25, 0.3) is 0 Å². The van der Waals surface area contributed by atoms with Gasteiger partial charge in [-0.25, -0.2) is 0 Å². The van der Waals surface area contributed by atoms with Gasteiger partial charge in [-0.1, -0.05) is 6.92 Å². The van der Waals surface area contributed by atoms with E-state index in [9.17, 15) is 0 Å². The van der Waals surface area contributed by atoms with Gasteiger partial charge in [0.05, 0.1) is 44.7 Å². The molecule has 3 rings (SSSR count). The lowest BCUT2D eigenvalue weighted by Gasteiger charge is -2.24. The van der Waals surface area contributed by atoms with Crippen molar-refractivity contribution in [1.29, 1.82) is 0 Å². The van der Waals surface area contributed by atoms with E-state index in [1.807, 2.05) is 6.92 Å². The molecule has 0 aromatic carbocycles. The first-order chi connectivity index (χ1) is 9.18. The van der Waals surface area contributed by atoms with Gasteiger partial charge in [0, 0.05) is 5.41 Å². The zero-order valence-electron chi connectivity index (χ0n) is 11.6. The molecule has 19 heavy (non-hydrogen) atoms. The molecule has 1 saturated carbocycles. The molecule has 0 amide bonds. The second-order valence-electron chi connectivity index (χ2n) is 5.99.